The molecule has 0 saturated carbocycles. The summed E-state index contributed by atoms with van der Waals surface area (Å²) < 4.78 is 13.4. The molecule has 0 aliphatic carbocycles. The SMILES string of the molecule is CCNC(=O)C(Cc1ccccc1)N(Cc1ccc(F)cc1)C(=O)CCc1ccc(C)cc1. The zero-order chi connectivity index (χ0) is 23.6. The molecule has 0 heterocycles. The van der Waals surface area contributed by atoms with Crippen molar-refractivity contribution in [2.24, 2.45) is 0 Å². The monoisotopic (exact) mass is 446 g/mol. The molecule has 0 saturated heterocycles. The van der Waals surface area contributed by atoms with E-state index in [1.54, 1.807) is 17.0 Å². The molecular formula is C28H31FN2O2. The van der Waals surface area contributed by atoms with Crippen molar-refractivity contribution in [1.82, 2.24) is 10.2 Å². The number of amides is 2. The summed E-state index contributed by atoms with van der Waals surface area (Å²) >= 11 is 0. The van der Waals surface area contributed by atoms with Crippen molar-refractivity contribution < 1.29 is 14.0 Å². The number of nitrogens with one attached hydrogen (secondary N) is 1. The van der Waals surface area contributed by atoms with Gasteiger partial charge in [-0.1, -0.05) is 72.3 Å². The normalized spacial score (nSPS) is 11.6. The largest absolute Gasteiger partial charge is 0.355 e. The molecule has 2 amide bonds. The minimum absolute atomic E-state index is 0.105. The van der Waals surface area contributed by atoms with Crippen LogP contribution in [0.5, 0.6) is 0 Å². The Balaban J connectivity index is 1.87. The molecule has 172 valence electrons. The highest BCUT2D eigenvalue weighted by Gasteiger charge is 2.29. The highest BCUT2D eigenvalue weighted by Crippen LogP contribution is 2.17. The van der Waals surface area contributed by atoms with Gasteiger partial charge in [-0.3, -0.25) is 9.59 Å². The average Bonchev–Trinajstić information content (AvgIpc) is 2.82. The number of hydrogen-bond donors (Lipinski definition) is 1. The number of benzene rings is 3. The maximum Gasteiger partial charge on any atom is 0.243 e. The second-order valence-corrected chi connectivity index (χ2v) is 8.23. The van der Waals surface area contributed by atoms with Gasteiger partial charge in [0, 0.05) is 25.9 Å². The fourth-order valence-electron chi connectivity index (χ4n) is 3.78. The molecule has 3 aromatic rings. The van der Waals surface area contributed by atoms with Gasteiger partial charge in [0.25, 0.3) is 0 Å². The molecule has 5 heteroatoms. The van der Waals surface area contributed by atoms with E-state index in [-0.39, 0.29) is 30.6 Å². The van der Waals surface area contributed by atoms with E-state index in [4.69, 9.17) is 0 Å². The van der Waals surface area contributed by atoms with Gasteiger partial charge in [0.2, 0.25) is 11.8 Å². The fourth-order valence-corrected chi connectivity index (χ4v) is 3.78. The second kappa shape index (κ2) is 12.0. The zero-order valence-corrected chi connectivity index (χ0v) is 19.3. The van der Waals surface area contributed by atoms with Crippen LogP contribution >= 0.6 is 0 Å². The summed E-state index contributed by atoms with van der Waals surface area (Å²) in [7, 11) is 0. The van der Waals surface area contributed by atoms with E-state index in [1.807, 2.05) is 68.4 Å². The number of aryl methyl sites for hydroxylation is 2. The van der Waals surface area contributed by atoms with E-state index < -0.39 is 6.04 Å². The highest BCUT2D eigenvalue weighted by atomic mass is 19.1. The van der Waals surface area contributed by atoms with Crippen LogP contribution in [0.15, 0.2) is 78.9 Å². The Kier molecular flexibility index (Phi) is 8.76. The van der Waals surface area contributed by atoms with Crippen LogP contribution in [0, 0.1) is 12.7 Å². The molecule has 3 aromatic carbocycles. The lowest BCUT2D eigenvalue weighted by Gasteiger charge is -2.31. The van der Waals surface area contributed by atoms with E-state index >= 15 is 0 Å². The quantitative estimate of drug-likeness (QED) is 0.484. The van der Waals surface area contributed by atoms with Gasteiger partial charge >= 0.3 is 0 Å². The number of carbonyl (C=O) groups excluding carboxylic acids is 2. The van der Waals surface area contributed by atoms with Crippen LogP contribution in [0.3, 0.4) is 0 Å². The average molecular weight is 447 g/mol. The van der Waals surface area contributed by atoms with Gasteiger partial charge in [0.15, 0.2) is 0 Å². The van der Waals surface area contributed by atoms with Crippen molar-refractivity contribution in [3.05, 3.63) is 107 Å². The third-order valence-electron chi connectivity index (χ3n) is 5.64. The zero-order valence-electron chi connectivity index (χ0n) is 19.3. The molecule has 1 unspecified atom stereocenters. The topological polar surface area (TPSA) is 49.4 Å². The first kappa shape index (κ1) is 24.2. The van der Waals surface area contributed by atoms with E-state index in [2.05, 4.69) is 5.32 Å². The van der Waals surface area contributed by atoms with Crippen molar-refractivity contribution in [3.63, 3.8) is 0 Å². The van der Waals surface area contributed by atoms with Crippen molar-refractivity contribution in [3.8, 4) is 0 Å². The third-order valence-corrected chi connectivity index (χ3v) is 5.64. The molecule has 33 heavy (non-hydrogen) atoms. The fraction of sp³-hybridized carbons (Fsp3) is 0.286. The molecule has 1 atom stereocenters. The Morgan fingerprint density at radius 2 is 1.52 bits per heavy atom. The van der Waals surface area contributed by atoms with Crippen molar-refractivity contribution in [1.29, 1.82) is 0 Å². The molecule has 0 aliphatic rings. The van der Waals surface area contributed by atoms with Gasteiger partial charge in [0.1, 0.15) is 11.9 Å². The van der Waals surface area contributed by atoms with E-state index in [1.165, 1.54) is 17.7 Å². The number of rotatable bonds is 10. The van der Waals surface area contributed by atoms with Crippen molar-refractivity contribution >= 4 is 11.8 Å². The van der Waals surface area contributed by atoms with Gasteiger partial charge < -0.3 is 10.2 Å². The predicted octanol–water partition coefficient (Wildman–Crippen LogP) is 4.84. The van der Waals surface area contributed by atoms with Crippen LogP contribution in [-0.4, -0.2) is 29.3 Å². The Morgan fingerprint density at radius 1 is 0.879 bits per heavy atom. The first-order chi connectivity index (χ1) is 16.0. The Morgan fingerprint density at radius 3 is 2.15 bits per heavy atom. The number of likely N-dealkylation sites (N-methyl/N-ethyl adjacent to an activating group) is 1. The van der Waals surface area contributed by atoms with E-state index in [0.29, 0.717) is 19.4 Å². The second-order valence-electron chi connectivity index (χ2n) is 8.23. The first-order valence-electron chi connectivity index (χ1n) is 11.4. The van der Waals surface area contributed by atoms with Gasteiger partial charge in [-0.2, -0.15) is 0 Å². The number of carbonyl (C=O) groups is 2. The summed E-state index contributed by atoms with van der Waals surface area (Å²) in [6.45, 7) is 4.61. The van der Waals surface area contributed by atoms with Crippen LogP contribution in [0.1, 0.15) is 35.6 Å². The molecular weight excluding hydrogens is 415 g/mol. The molecule has 0 aliphatic heterocycles. The number of halogens is 1. The maximum absolute atomic E-state index is 13.5. The summed E-state index contributed by atoms with van der Waals surface area (Å²) in [4.78, 5) is 28.2. The lowest BCUT2D eigenvalue weighted by Crippen LogP contribution is -2.50. The molecule has 0 spiro atoms. The van der Waals surface area contributed by atoms with Crippen LogP contribution in [-0.2, 0) is 29.0 Å². The van der Waals surface area contributed by atoms with E-state index in [0.717, 1.165) is 16.7 Å². The molecule has 3 rings (SSSR count). The molecule has 0 aromatic heterocycles. The molecule has 0 bridgehead atoms. The number of hydrogen-bond acceptors (Lipinski definition) is 2. The summed E-state index contributed by atoms with van der Waals surface area (Å²) in [5, 5.41) is 2.88. The Bertz CT molecular complexity index is 1030. The number of nitrogens with zero attached hydrogens (tertiary/aromatic N) is 1. The minimum atomic E-state index is -0.664. The Labute approximate surface area is 195 Å². The van der Waals surface area contributed by atoms with Gasteiger partial charge in [-0.15, -0.1) is 0 Å². The first-order valence-corrected chi connectivity index (χ1v) is 11.4. The van der Waals surface area contributed by atoms with Crippen LogP contribution in [0.4, 0.5) is 4.39 Å². The summed E-state index contributed by atoms with van der Waals surface area (Å²) in [6.07, 6.45) is 1.28. The summed E-state index contributed by atoms with van der Waals surface area (Å²) in [5.74, 6) is -0.625. The minimum Gasteiger partial charge on any atom is -0.355 e. The predicted molar refractivity (Wildman–Crippen MR) is 129 cm³/mol. The maximum atomic E-state index is 13.5. The van der Waals surface area contributed by atoms with E-state index in [9.17, 15) is 14.0 Å². The van der Waals surface area contributed by atoms with Crippen LogP contribution in [0.25, 0.3) is 0 Å². The summed E-state index contributed by atoms with van der Waals surface area (Å²) in [6, 6.07) is 23.2. The lowest BCUT2D eigenvalue weighted by atomic mass is 10.0. The van der Waals surface area contributed by atoms with Gasteiger partial charge in [-0.25, -0.2) is 4.39 Å². The molecule has 4 nitrogen and oxygen atoms in total. The van der Waals surface area contributed by atoms with Gasteiger partial charge in [0.05, 0.1) is 0 Å². The highest BCUT2D eigenvalue weighted by molar-refractivity contribution is 5.88. The molecule has 0 radical (unpaired) electrons. The van der Waals surface area contributed by atoms with Crippen LogP contribution < -0.4 is 5.32 Å². The standard InChI is InChI=1S/C28H31FN2O2/c1-3-30-28(33)26(19-23-7-5-4-6-8-23)31(20-24-13-16-25(29)17-14-24)27(32)18-15-22-11-9-21(2)10-12-22/h4-14,16-17,26H,3,15,18-20H2,1-2H3,(H,30,33). The van der Waals surface area contributed by atoms with Crippen molar-refractivity contribution in [2.75, 3.05) is 6.54 Å². The van der Waals surface area contributed by atoms with Crippen molar-refractivity contribution in [2.45, 2.75) is 45.7 Å². The molecule has 1 N–H and O–H groups in total. The Hall–Kier alpha value is -3.47. The summed E-state index contributed by atoms with van der Waals surface area (Å²) in [5.41, 5.74) is 4.00. The lowest BCUT2D eigenvalue weighted by molar-refractivity contribution is -0.141. The smallest absolute Gasteiger partial charge is 0.243 e. The van der Waals surface area contributed by atoms with Crippen LogP contribution in [0.2, 0.25) is 0 Å². The van der Waals surface area contributed by atoms with Gasteiger partial charge in [-0.05, 0) is 49.1 Å². The molecule has 0 fully saturated rings. The third kappa shape index (κ3) is 7.28.